The van der Waals surface area contributed by atoms with Gasteiger partial charge in [-0.15, -0.1) is 5.10 Å². The molecule has 0 aliphatic carbocycles. The Morgan fingerprint density at radius 2 is 2.14 bits per heavy atom. The molecule has 1 saturated heterocycles. The highest BCUT2D eigenvalue weighted by molar-refractivity contribution is 5.31. The molecule has 21 heavy (non-hydrogen) atoms. The zero-order chi connectivity index (χ0) is 14.7. The van der Waals surface area contributed by atoms with Crippen LogP contribution in [0.25, 0.3) is 0 Å². The van der Waals surface area contributed by atoms with Gasteiger partial charge in [0, 0.05) is 32.1 Å². The van der Waals surface area contributed by atoms with Gasteiger partial charge in [-0.05, 0) is 31.4 Å². The standard InChI is InChI=1S/C16H23N5/c1-12-5-3-4-6-14(12)7-8-15-18-16(20-19-15)21-10-9-17-13(2)11-21/h3-6,13,17H,7-11H2,1-2H3,(H,18,19,20)/t13-/m1/s1. The molecule has 1 atom stereocenters. The van der Waals surface area contributed by atoms with Gasteiger partial charge in [0.15, 0.2) is 0 Å². The lowest BCUT2D eigenvalue weighted by molar-refractivity contribution is 0.479. The number of hydrogen-bond acceptors (Lipinski definition) is 4. The molecule has 1 aromatic carbocycles. The van der Waals surface area contributed by atoms with Crippen LogP contribution in [0.2, 0.25) is 0 Å². The first-order valence-electron chi connectivity index (χ1n) is 7.66. The highest BCUT2D eigenvalue weighted by Gasteiger charge is 2.19. The number of H-pyrrole nitrogens is 1. The zero-order valence-corrected chi connectivity index (χ0v) is 12.8. The monoisotopic (exact) mass is 285 g/mol. The van der Waals surface area contributed by atoms with Crippen molar-refractivity contribution in [1.82, 2.24) is 20.5 Å². The number of aromatic amines is 1. The molecule has 0 bridgehead atoms. The van der Waals surface area contributed by atoms with Gasteiger partial charge in [-0.25, -0.2) is 0 Å². The van der Waals surface area contributed by atoms with Crippen molar-refractivity contribution in [1.29, 1.82) is 0 Å². The Morgan fingerprint density at radius 1 is 1.29 bits per heavy atom. The van der Waals surface area contributed by atoms with Gasteiger partial charge < -0.3 is 10.2 Å². The highest BCUT2D eigenvalue weighted by atomic mass is 15.4. The van der Waals surface area contributed by atoms with Gasteiger partial charge >= 0.3 is 0 Å². The minimum Gasteiger partial charge on any atom is -0.337 e. The Hall–Kier alpha value is -1.88. The third-order valence-corrected chi connectivity index (χ3v) is 4.06. The van der Waals surface area contributed by atoms with Gasteiger partial charge in [0.1, 0.15) is 5.82 Å². The lowest BCUT2D eigenvalue weighted by Gasteiger charge is -2.30. The van der Waals surface area contributed by atoms with Gasteiger partial charge in [-0.2, -0.15) is 4.98 Å². The third-order valence-electron chi connectivity index (χ3n) is 4.06. The second-order valence-corrected chi connectivity index (χ2v) is 5.81. The van der Waals surface area contributed by atoms with Crippen molar-refractivity contribution in [2.75, 3.05) is 24.5 Å². The van der Waals surface area contributed by atoms with Crippen LogP contribution in [0.1, 0.15) is 23.9 Å². The molecule has 0 saturated carbocycles. The molecule has 2 heterocycles. The predicted octanol–water partition coefficient (Wildman–Crippen LogP) is 1.70. The van der Waals surface area contributed by atoms with Crippen LogP contribution in [0.15, 0.2) is 24.3 Å². The van der Waals surface area contributed by atoms with Crippen LogP contribution in [-0.2, 0) is 12.8 Å². The molecule has 1 fully saturated rings. The summed E-state index contributed by atoms with van der Waals surface area (Å²) in [6.07, 6.45) is 1.90. The molecule has 1 aliphatic rings. The molecule has 1 aliphatic heterocycles. The molecule has 0 spiro atoms. The second kappa shape index (κ2) is 6.26. The van der Waals surface area contributed by atoms with E-state index >= 15 is 0 Å². The van der Waals surface area contributed by atoms with Crippen LogP contribution in [0.4, 0.5) is 5.95 Å². The van der Waals surface area contributed by atoms with E-state index in [-0.39, 0.29) is 0 Å². The maximum atomic E-state index is 4.64. The predicted molar refractivity (Wildman–Crippen MR) is 84.6 cm³/mol. The number of rotatable bonds is 4. The zero-order valence-electron chi connectivity index (χ0n) is 12.8. The van der Waals surface area contributed by atoms with E-state index in [1.54, 1.807) is 0 Å². The van der Waals surface area contributed by atoms with Crippen molar-refractivity contribution in [2.45, 2.75) is 32.7 Å². The Kier molecular flexibility index (Phi) is 4.20. The fourth-order valence-electron chi connectivity index (χ4n) is 2.80. The SMILES string of the molecule is Cc1ccccc1CCc1nc(N2CCN[C@H](C)C2)n[nH]1. The normalized spacial score (nSPS) is 19.0. The summed E-state index contributed by atoms with van der Waals surface area (Å²) in [5.74, 6) is 1.81. The van der Waals surface area contributed by atoms with E-state index in [0.29, 0.717) is 6.04 Å². The van der Waals surface area contributed by atoms with Crippen molar-refractivity contribution in [3.8, 4) is 0 Å². The number of nitrogens with zero attached hydrogens (tertiary/aromatic N) is 3. The van der Waals surface area contributed by atoms with Crippen molar-refractivity contribution in [2.24, 2.45) is 0 Å². The highest BCUT2D eigenvalue weighted by Crippen LogP contribution is 2.13. The van der Waals surface area contributed by atoms with Gasteiger partial charge in [-0.3, -0.25) is 5.10 Å². The quantitative estimate of drug-likeness (QED) is 0.897. The summed E-state index contributed by atoms with van der Waals surface area (Å²) in [5, 5.41) is 10.9. The van der Waals surface area contributed by atoms with E-state index in [9.17, 15) is 0 Å². The van der Waals surface area contributed by atoms with E-state index in [1.807, 2.05) is 0 Å². The van der Waals surface area contributed by atoms with Crippen molar-refractivity contribution < 1.29 is 0 Å². The molecule has 3 rings (SSSR count). The molecule has 2 aromatic rings. The first-order valence-corrected chi connectivity index (χ1v) is 7.66. The minimum atomic E-state index is 0.493. The lowest BCUT2D eigenvalue weighted by Crippen LogP contribution is -2.49. The topological polar surface area (TPSA) is 56.8 Å². The molecule has 1 aromatic heterocycles. The Morgan fingerprint density at radius 3 is 2.95 bits per heavy atom. The fraction of sp³-hybridized carbons (Fsp3) is 0.500. The number of hydrogen-bond donors (Lipinski definition) is 2. The molecular formula is C16H23N5. The third kappa shape index (κ3) is 3.42. The number of benzene rings is 1. The smallest absolute Gasteiger partial charge is 0.244 e. The van der Waals surface area contributed by atoms with E-state index in [4.69, 9.17) is 0 Å². The maximum Gasteiger partial charge on any atom is 0.244 e. The number of aromatic nitrogens is 3. The summed E-state index contributed by atoms with van der Waals surface area (Å²) in [5.41, 5.74) is 2.72. The van der Waals surface area contributed by atoms with E-state index in [2.05, 4.69) is 63.5 Å². The number of anilines is 1. The Labute approximate surface area is 125 Å². The summed E-state index contributed by atoms with van der Waals surface area (Å²) >= 11 is 0. The van der Waals surface area contributed by atoms with Crippen LogP contribution in [0.5, 0.6) is 0 Å². The van der Waals surface area contributed by atoms with Crippen LogP contribution >= 0.6 is 0 Å². The van der Waals surface area contributed by atoms with Crippen LogP contribution in [-0.4, -0.2) is 40.9 Å². The Bertz CT molecular complexity index is 592. The Balaban J connectivity index is 1.61. The van der Waals surface area contributed by atoms with E-state index in [0.717, 1.165) is 44.2 Å². The summed E-state index contributed by atoms with van der Waals surface area (Å²) < 4.78 is 0. The molecular weight excluding hydrogens is 262 g/mol. The minimum absolute atomic E-state index is 0.493. The van der Waals surface area contributed by atoms with Crippen molar-refractivity contribution >= 4 is 5.95 Å². The number of nitrogens with one attached hydrogen (secondary N) is 2. The molecule has 0 radical (unpaired) electrons. The largest absolute Gasteiger partial charge is 0.337 e. The van der Waals surface area contributed by atoms with Gasteiger partial charge in [-0.1, -0.05) is 24.3 Å². The molecule has 0 unspecified atom stereocenters. The van der Waals surface area contributed by atoms with Crippen LogP contribution < -0.4 is 10.2 Å². The van der Waals surface area contributed by atoms with E-state index in [1.165, 1.54) is 11.1 Å². The fourth-order valence-corrected chi connectivity index (χ4v) is 2.80. The molecule has 112 valence electrons. The number of piperazine rings is 1. The molecule has 5 nitrogen and oxygen atoms in total. The summed E-state index contributed by atoms with van der Waals surface area (Å²) in [6.45, 7) is 7.28. The average molecular weight is 285 g/mol. The molecule has 5 heteroatoms. The van der Waals surface area contributed by atoms with Gasteiger partial charge in [0.05, 0.1) is 0 Å². The number of aryl methyl sites for hydroxylation is 3. The lowest BCUT2D eigenvalue weighted by atomic mass is 10.0. The molecule has 0 amide bonds. The van der Waals surface area contributed by atoms with Crippen LogP contribution in [0.3, 0.4) is 0 Å². The van der Waals surface area contributed by atoms with Gasteiger partial charge in [0.2, 0.25) is 5.95 Å². The average Bonchev–Trinajstić information content (AvgIpc) is 2.95. The second-order valence-electron chi connectivity index (χ2n) is 5.81. The summed E-state index contributed by atoms with van der Waals surface area (Å²) in [7, 11) is 0. The van der Waals surface area contributed by atoms with Crippen molar-refractivity contribution in [3.05, 3.63) is 41.2 Å². The summed E-state index contributed by atoms with van der Waals surface area (Å²) in [6, 6.07) is 9.01. The van der Waals surface area contributed by atoms with Crippen LogP contribution in [0, 0.1) is 6.92 Å². The maximum absolute atomic E-state index is 4.64. The van der Waals surface area contributed by atoms with Crippen molar-refractivity contribution in [3.63, 3.8) is 0 Å². The summed E-state index contributed by atoms with van der Waals surface area (Å²) in [4.78, 5) is 6.89. The first kappa shape index (κ1) is 14.1. The first-order chi connectivity index (χ1) is 10.2. The van der Waals surface area contributed by atoms with Gasteiger partial charge in [0.25, 0.3) is 0 Å². The molecule has 2 N–H and O–H groups in total. The van der Waals surface area contributed by atoms with E-state index < -0.39 is 0 Å².